The summed E-state index contributed by atoms with van der Waals surface area (Å²) in [5.74, 6) is 0. The summed E-state index contributed by atoms with van der Waals surface area (Å²) in [4.78, 5) is 8.05. The van der Waals surface area contributed by atoms with Crippen LogP contribution in [0.3, 0.4) is 0 Å². The Hall–Kier alpha value is -7.96. The van der Waals surface area contributed by atoms with Crippen molar-refractivity contribution < 1.29 is 0 Å². The van der Waals surface area contributed by atoms with Crippen molar-refractivity contribution in [3.8, 4) is 54.3 Å². The topological polar surface area (TPSA) is 6.48 Å². The molecule has 78 heavy (non-hydrogen) atoms. The summed E-state index contributed by atoms with van der Waals surface area (Å²) in [5.41, 5.74) is 24.0. The first-order valence-corrected chi connectivity index (χ1v) is 29.2. The van der Waals surface area contributed by atoms with Gasteiger partial charge in [0.25, 0.3) is 0 Å². The summed E-state index contributed by atoms with van der Waals surface area (Å²) >= 11 is 3.87. The van der Waals surface area contributed by atoms with Crippen molar-refractivity contribution in [1.29, 1.82) is 0 Å². The number of hydrogen-bond donors (Lipinski definition) is 0. The van der Waals surface area contributed by atoms with E-state index in [1.807, 2.05) is 22.7 Å². The third-order valence-electron chi connectivity index (χ3n) is 17.4. The molecule has 0 saturated carbocycles. The SMILES string of the molecule is CC(C)(C)c1ccc(N2B3c4cc5c(-c6ccccc6)sc(-c6ccccc6)c5cc4N(c4ccc(C(C)(C)C)cc4-c4ccccc4)c4c3c(cc3c4sc4ccccc43)-c3cc4c(cc32)C(C)(C)c2ccccc2-4)cc1. The van der Waals surface area contributed by atoms with Crippen LogP contribution in [0.25, 0.3) is 85.2 Å². The zero-order valence-corrected chi connectivity index (χ0v) is 47.1. The van der Waals surface area contributed by atoms with Crippen molar-refractivity contribution in [1.82, 2.24) is 0 Å². The molecule has 0 amide bonds. The van der Waals surface area contributed by atoms with Crippen LogP contribution in [-0.2, 0) is 16.2 Å². The van der Waals surface area contributed by atoms with Crippen molar-refractivity contribution >= 4 is 99.8 Å². The molecule has 0 radical (unpaired) electrons. The van der Waals surface area contributed by atoms with E-state index in [4.69, 9.17) is 0 Å². The Kier molecular flexibility index (Phi) is 10.3. The van der Waals surface area contributed by atoms with Crippen LogP contribution in [0, 0.1) is 0 Å². The summed E-state index contributed by atoms with van der Waals surface area (Å²) < 4.78 is 2.61. The standard InChI is InChI=1S/C73H59BN2S2/c1-71(2,3)47-32-35-49(36-33-47)76-63-43-60-53(50-28-18-20-30-59(50)73(60,7)8)39-54(63)55-40-56-51-29-19-21-31-65(51)77-70(56)67-66(55)74(76)61-41-57-58(69(46-26-16-11-17-27-46)78-68(57)45-24-14-10-15-25-45)42-64(61)75(67)62-37-34-48(72(4,5)6)38-52(62)44-22-12-9-13-23-44/h9-43H,1-8H3. The summed E-state index contributed by atoms with van der Waals surface area (Å²) in [5, 5.41) is 5.14. The Morgan fingerprint density at radius 3 is 1.69 bits per heavy atom. The quantitative estimate of drug-likeness (QED) is 0.159. The number of fused-ring (bicyclic) bond motifs is 12. The van der Waals surface area contributed by atoms with Crippen LogP contribution in [0.15, 0.2) is 212 Å². The molecule has 3 aliphatic rings. The minimum Gasteiger partial charge on any atom is -0.376 e. The van der Waals surface area contributed by atoms with E-state index in [9.17, 15) is 0 Å². The lowest BCUT2D eigenvalue weighted by Gasteiger charge is -2.46. The van der Waals surface area contributed by atoms with Crippen LogP contribution in [0.2, 0.25) is 0 Å². The smallest absolute Gasteiger partial charge is 0.333 e. The maximum atomic E-state index is 2.75. The van der Waals surface area contributed by atoms with E-state index >= 15 is 0 Å². The van der Waals surface area contributed by atoms with Gasteiger partial charge in [-0.15, -0.1) is 22.7 Å². The highest BCUT2D eigenvalue weighted by molar-refractivity contribution is 7.26. The fourth-order valence-electron chi connectivity index (χ4n) is 13.3. The zero-order valence-electron chi connectivity index (χ0n) is 45.5. The molecule has 0 N–H and O–H groups in total. The number of thiophene rings is 2. The van der Waals surface area contributed by atoms with E-state index in [2.05, 4.69) is 277 Å². The van der Waals surface area contributed by atoms with Gasteiger partial charge in [-0.3, -0.25) is 0 Å². The average molecular weight is 1040 g/mol. The molecule has 1 aliphatic carbocycles. The third kappa shape index (κ3) is 7.00. The molecule has 2 aliphatic heterocycles. The van der Waals surface area contributed by atoms with E-state index in [0.717, 1.165) is 0 Å². The number of nitrogens with zero attached hydrogens (tertiary/aromatic N) is 2. The van der Waals surface area contributed by atoms with Crippen LogP contribution < -0.4 is 20.6 Å². The Balaban J connectivity index is 1.15. The molecule has 0 atom stereocenters. The fourth-order valence-corrected chi connectivity index (χ4v) is 15.8. The fraction of sp³-hybridized carbons (Fsp3) is 0.151. The number of hydrogen-bond acceptors (Lipinski definition) is 4. The predicted molar refractivity (Wildman–Crippen MR) is 340 cm³/mol. The molecule has 4 heterocycles. The summed E-state index contributed by atoms with van der Waals surface area (Å²) in [7, 11) is 0. The third-order valence-corrected chi connectivity index (χ3v) is 19.9. The highest BCUT2D eigenvalue weighted by Gasteiger charge is 2.49. The van der Waals surface area contributed by atoms with Crippen molar-refractivity contribution in [3.05, 3.63) is 235 Å². The lowest BCUT2D eigenvalue weighted by molar-refractivity contribution is 0.590. The number of benzene rings is 10. The van der Waals surface area contributed by atoms with Gasteiger partial charge in [-0.1, -0.05) is 213 Å². The van der Waals surface area contributed by atoms with Crippen LogP contribution in [0.1, 0.15) is 77.6 Å². The summed E-state index contributed by atoms with van der Waals surface area (Å²) in [6, 6.07) is 81.5. The zero-order chi connectivity index (χ0) is 53.0. The van der Waals surface area contributed by atoms with Crippen molar-refractivity contribution in [3.63, 3.8) is 0 Å². The van der Waals surface area contributed by atoms with E-state index in [0.29, 0.717) is 0 Å². The molecule has 2 nitrogen and oxygen atoms in total. The van der Waals surface area contributed by atoms with Crippen molar-refractivity contribution in [2.24, 2.45) is 0 Å². The molecule has 12 aromatic rings. The number of anilines is 5. The van der Waals surface area contributed by atoms with Crippen LogP contribution in [-0.4, -0.2) is 6.85 Å². The predicted octanol–water partition coefficient (Wildman–Crippen LogP) is 19.9. The Morgan fingerprint density at radius 1 is 0.410 bits per heavy atom. The molecule has 0 bridgehead atoms. The van der Waals surface area contributed by atoms with Crippen LogP contribution >= 0.6 is 22.7 Å². The lowest BCUT2D eigenvalue weighted by atomic mass is 9.43. The molecular formula is C73H59BN2S2. The van der Waals surface area contributed by atoms with Gasteiger partial charge < -0.3 is 9.71 Å². The van der Waals surface area contributed by atoms with Gasteiger partial charge in [0.15, 0.2) is 0 Å². The van der Waals surface area contributed by atoms with Gasteiger partial charge >= 0.3 is 6.85 Å². The molecular weight excluding hydrogens is 980 g/mol. The Morgan fingerprint density at radius 2 is 1.01 bits per heavy atom. The summed E-state index contributed by atoms with van der Waals surface area (Å²) in [6.07, 6.45) is 0. The number of rotatable bonds is 5. The minimum absolute atomic E-state index is 0.00664. The van der Waals surface area contributed by atoms with Gasteiger partial charge in [0, 0.05) is 69.6 Å². The molecule has 10 aromatic carbocycles. The molecule has 376 valence electrons. The Labute approximate surface area is 467 Å². The van der Waals surface area contributed by atoms with Gasteiger partial charge in [-0.2, -0.15) is 0 Å². The van der Waals surface area contributed by atoms with Crippen molar-refractivity contribution in [2.75, 3.05) is 9.71 Å². The Bertz CT molecular complexity index is 4420. The van der Waals surface area contributed by atoms with E-state index in [-0.39, 0.29) is 23.1 Å². The second-order valence-electron chi connectivity index (χ2n) is 24.4. The highest BCUT2D eigenvalue weighted by atomic mass is 32.1. The largest absolute Gasteiger partial charge is 0.376 e. The molecule has 0 unspecified atom stereocenters. The first-order chi connectivity index (χ1) is 37.7. The molecule has 15 rings (SSSR count). The monoisotopic (exact) mass is 1040 g/mol. The molecule has 0 spiro atoms. The van der Waals surface area contributed by atoms with Crippen LogP contribution in [0.5, 0.6) is 0 Å². The minimum atomic E-state index is -0.198. The van der Waals surface area contributed by atoms with Crippen molar-refractivity contribution in [2.45, 2.75) is 71.6 Å². The lowest BCUT2D eigenvalue weighted by Crippen LogP contribution is -2.61. The maximum absolute atomic E-state index is 2.75. The van der Waals surface area contributed by atoms with E-state index in [1.165, 1.54) is 147 Å². The molecule has 2 aromatic heterocycles. The first kappa shape index (κ1) is 47.3. The maximum Gasteiger partial charge on any atom is 0.333 e. The molecule has 0 saturated heterocycles. The second kappa shape index (κ2) is 17.0. The van der Waals surface area contributed by atoms with Gasteiger partial charge in [-0.05, 0) is 132 Å². The molecule has 0 fully saturated rings. The highest BCUT2D eigenvalue weighted by Crippen LogP contribution is 2.58. The first-order valence-electron chi connectivity index (χ1n) is 27.6. The van der Waals surface area contributed by atoms with E-state index in [1.54, 1.807) is 0 Å². The second-order valence-corrected chi connectivity index (χ2v) is 26.5. The van der Waals surface area contributed by atoms with Gasteiger partial charge in [0.05, 0.1) is 16.1 Å². The van der Waals surface area contributed by atoms with Gasteiger partial charge in [-0.25, -0.2) is 0 Å². The summed E-state index contributed by atoms with van der Waals surface area (Å²) in [6.45, 7) is 18.6. The van der Waals surface area contributed by atoms with E-state index < -0.39 is 0 Å². The molecule has 5 heteroatoms. The van der Waals surface area contributed by atoms with Crippen LogP contribution in [0.4, 0.5) is 28.4 Å². The average Bonchev–Trinajstić information content (AvgIpc) is 4.26. The van der Waals surface area contributed by atoms with Gasteiger partial charge in [0.1, 0.15) is 0 Å². The normalized spacial score (nSPS) is 14.2. The van der Waals surface area contributed by atoms with Gasteiger partial charge in [0.2, 0.25) is 0 Å².